The topological polar surface area (TPSA) is 65.1 Å². The number of rotatable bonds is 5. The molecule has 2 atom stereocenters. The van der Waals surface area contributed by atoms with Crippen LogP contribution in [0.1, 0.15) is 30.6 Å². The van der Waals surface area contributed by atoms with Crippen molar-refractivity contribution in [2.75, 3.05) is 6.54 Å². The number of carbonyl (C=O) groups is 1. The predicted molar refractivity (Wildman–Crippen MR) is 76.1 cm³/mol. The molecule has 0 spiro atoms. The number of aliphatic hydroxyl groups is 1. The van der Waals surface area contributed by atoms with Gasteiger partial charge in [-0.05, 0) is 18.1 Å². The van der Waals surface area contributed by atoms with Crippen LogP contribution in [0.5, 0.6) is 0 Å². The smallest absolute Gasteiger partial charge is 0.253 e. The molecule has 2 rings (SSSR count). The van der Waals surface area contributed by atoms with Gasteiger partial charge in [-0.15, -0.1) is 0 Å². The summed E-state index contributed by atoms with van der Waals surface area (Å²) in [5.41, 5.74) is 1.44. The first kappa shape index (κ1) is 13.6. The fraction of sp³-hybridized carbons (Fsp3) is 0.400. The van der Waals surface area contributed by atoms with E-state index in [0.717, 1.165) is 17.3 Å². The van der Waals surface area contributed by atoms with Gasteiger partial charge in [0.15, 0.2) is 0 Å². The second-order valence-electron chi connectivity index (χ2n) is 4.91. The normalized spacial score (nSPS) is 14.3. The molecular formula is C15H20N2O2. The van der Waals surface area contributed by atoms with Crippen molar-refractivity contribution in [3.8, 4) is 0 Å². The molecule has 19 heavy (non-hydrogen) atoms. The fourth-order valence-electron chi connectivity index (χ4n) is 2.04. The van der Waals surface area contributed by atoms with Gasteiger partial charge >= 0.3 is 0 Å². The Morgan fingerprint density at radius 1 is 1.42 bits per heavy atom. The number of carbonyl (C=O) groups excluding carboxylic acids is 1. The summed E-state index contributed by atoms with van der Waals surface area (Å²) in [7, 11) is 0. The van der Waals surface area contributed by atoms with Crippen LogP contribution in [0.15, 0.2) is 30.5 Å². The van der Waals surface area contributed by atoms with E-state index in [2.05, 4.69) is 10.3 Å². The molecule has 0 aliphatic heterocycles. The van der Waals surface area contributed by atoms with Gasteiger partial charge < -0.3 is 15.4 Å². The average Bonchev–Trinajstić information content (AvgIpc) is 2.91. The van der Waals surface area contributed by atoms with E-state index >= 15 is 0 Å². The lowest BCUT2D eigenvalue weighted by Gasteiger charge is -2.17. The number of aliphatic hydroxyl groups excluding tert-OH is 1. The minimum atomic E-state index is -0.503. The van der Waals surface area contributed by atoms with E-state index in [0.29, 0.717) is 5.56 Å². The van der Waals surface area contributed by atoms with Crippen molar-refractivity contribution in [1.82, 2.24) is 10.3 Å². The standard InChI is InChI=1S/C15H20N2O2/c1-3-10(2)13(18)9-17-15(19)12-6-4-5-11-7-8-16-14(11)12/h4-8,10,13,16,18H,3,9H2,1-2H3,(H,17,19). The monoisotopic (exact) mass is 260 g/mol. The Labute approximate surface area is 112 Å². The van der Waals surface area contributed by atoms with Gasteiger partial charge in [0.05, 0.1) is 17.2 Å². The summed E-state index contributed by atoms with van der Waals surface area (Å²) in [4.78, 5) is 15.2. The number of aromatic amines is 1. The molecule has 0 fully saturated rings. The highest BCUT2D eigenvalue weighted by molar-refractivity contribution is 6.05. The van der Waals surface area contributed by atoms with E-state index in [9.17, 15) is 9.90 Å². The minimum absolute atomic E-state index is 0.157. The van der Waals surface area contributed by atoms with Crippen LogP contribution in [-0.4, -0.2) is 28.6 Å². The van der Waals surface area contributed by atoms with E-state index < -0.39 is 6.10 Å². The van der Waals surface area contributed by atoms with Crippen LogP contribution in [-0.2, 0) is 0 Å². The maximum Gasteiger partial charge on any atom is 0.253 e. The Kier molecular flexibility index (Phi) is 4.22. The lowest BCUT2D eigenvalue weighted by atomic mass is 10.0. The molecule has 1 amide bonds. The van der Waals surface area contributed by atoms with Crippen molar-refractivity contribution >= 4 is 16.8 Å². The van der Waals surface area contributed by atoms with Crippen molar-refractivity contribution in [3.05, 3.63) is 36.0 Å². The van der Waals surface area contributed by atoms with Crippen LogP contribution < -0.4 is 5.32 Å². The van der Waals surface area contributed by atoms with E-state index in [1.807, 2.05) is 38.2 Å². The van der Waals surface area contributed by atoms with Crippen LogP contribution in [0.25, 0.3) is 10.9 Å². The molecule has 0 aliphatic carbocycles. The summed E-state index contributed by atoms with van der Waals surface area (Å²) in [5.74, 6) is 0.0250. The number of benzene rings is 1. The van der Waals surface area contributed by atoms with Gasteiger partial charge in [-0.2, -0.15) is 0 Å². The summed E-state index contributed by atoms with van der Waals surface area (Å²) in [6, 6.07) is 7.52. The number of aromatic nitrogens is 1. The van der Waals surface area contributed by atoms with E-state index in [1.165, 1.54) is 0 Å². The van der Waals surface area contributed by atoms with E-state index in [4.69, 9.17) is 0 Å². The third-order valence-corrected chi connectivity index (χ3v) is 3.60. The molecule has 4 nitrogen and oxygen atoms in total. The quantitative estimate of drug-likeness (QED) is 0.772. The van der Waals surface area contributed by atoms with E-state index in [-0.39, 0.29) is 18.4 Å². The van der Waals surface area contributed by atoms with Crippen LogP contribution in [0.3, 0.4) is 0 Å². The Balaban J connectivity index is 2.06. The Bertz CT molecular complexity index is 562. The number of H-pyrrole nitrogens is 1. The van der Waals surface area contributed by atoms with Gasteiger partial charge in [-0.1, -0.05) is 32.4 Å². The molecule has 2 aromatic rings. The molecular weight excluding hydrogens is 240 g/mol. The van der Waals surface area contributed by atoms with Crippen LogP contribution in [0.2, 0.25) is 0 Å². The maximum atomic E-state index is 12.1. The lowest BCUT2D eigenvalue weighted by molar-refractivity contribution is 0.0851. The summed E-state index contributed by atoms with van der Waals surface area (Å²) in [5, 5.41) is 13.7. The van der Waals surface area contributed by atoms with Crippen LogP contribution in [0, 0.1) is 5.92 Å². The van der Waals surface area contributed by atoms with Crippen LogP contribution in [0.4, 0.5) is 0 Å². The second kappa shape index (κ2) is 5.89. The number of hydrogen-bond donors (Lipinski definition) is 3. The molecule has 3 N–H and O–H groups in total. The van der Waals surface area contributed by atoms with Crippen molar-refractivity contribution in [2.24, 2.45) is 5.92 Å². The first-order chi connectivity index (χ1) is 9.13. The zero-order valence-electron chi connectivity index (χ0n) is 11.3. The Morgan fingerprint density at radius 2 is 2.21 bits per heavy atom. The highest BCUT2D eigenvalue weighted by atomic mass is 16.3. The summed E-state index contributed by atoms with van der Waals surface area (Å²) < 4.78 is 0. The molecule has 1 aromatic carbocycles. The SMILES string of the molecule is CCC(C)C(O)CNC(=O)c1cccc2cc[nH]c12. The Morgan fingerprint density at radius 3 is 2.95 bits per heavy atom. The average molecular weight is 260 g/mol. The molecule has 0 bridgehead atoms. The number of hydrogen-bond acceptors (Lipinski definition) is 2. The fourth-order valence-corrected chi connectivity index (χ4v) is 2.04. The minimum Gasteiger partial charge on any atom is -0.391 e. The third-order valence-electron chi connectivity index (χ3n) is 3.60. The summed E-state index contributed by atoms with van der Waals surface area (Å²) in [6.07, 6.45) is 2.20. The molecule has 1 aromatic heterocycles. The summed E-state index contributed by atoms with van der Waals surface area (Å²) >= 11 is 0. The highest BCUT2D eigenvalue weighted by Gasteiger charge is 2.15. The molecule has 0 saturated heterocycles. The lowest BCUT2D eigenvalue weighted by Crippen LogP contribution is -2.35. The number of fused-ring (bicyclic) bond motifs is 1. The third kappa shape index (κ3) is 2.96. The maximum absolute atomic E-state index is 12.1. The first-order valence-corrected chi connectivity index (χ1v) is 6.65. The van der Waals surface area contributed by atoms with Gasteiger partial charge in [0.25, 0.3) is 5.91 Å². The Hall–Kier alpha value is -1.81. The van der Waals surface area contributed by atoms with Crippen molar-refractivity contribution in [2.45, 2.75) is 26.4 Å². The van der Waals surface area contributed by atoms with Gasteiger partial charge in [0, 0.05) is 18.1 Å². The molecule has 1 heterocycles. The van der Waals surface area contributed by atoms with Gasteiger partial charge in [0.2, 0.25) is 0 Å². The molecule has 0 radical (unpaired) electrons. The van der Waals surface area contributed by atoms with Gasteiger partial charge in [-0.3, -0.25) is 4.79 Å². The molecule has 2 unspecified atom stereocenters. The van der Waals surface area contributed by atoms with Crippen LogP contribution >= 0.6 is 0 Å². The summed E-state index contributed by atoms with van der Waals surface area (Å²) in [6.45, 7) is 4.28. The second-order valence-corrected chi connectivity index (χ2v) is 4.91. The molecule has 102 valence electrons. The van der Waals surface area contributed by atoms with Crippen molar-refractivity contribution in [3.63, 3.8) is 0 Å². The first-order valence-electron chi connectivity index (χ1n) is 6.65. The predicted octanol–water partition coefficient (Wildman–Crippen LogP) is 2.30. The molecule has 4 heteroatoms. The van der Waals surface area contributed by atoms with Gasteiger partial charge in [-0.25, -0.2) is 0 Å². The molecule has 0 saturated carbocycles. The van der Waals surface area contributed by atoms with Crippen molar-refractivity contribution in [1.29, 1.82) is 0 Å². The molecule has 0 aliphatic rings. The number of amides is 1. The zero-order chi connectivity index (χ0) is 13.8. The highest BCUT2D eigenvalue weighted by Crippen LogP contribution is 2.16. The van der Waals surface area contributed by atoms with E-state index in [1.54, 1.807) is 6.07 Å². The zero-order valence-corrected chi connectivity index (χ0v) is 11.3. The largest absolute Gasteiger partial charge is 0.391 e. The van der Waals surface area contributed by atoms with Crippen molar-refractivity contribution < 1.29 is 9.90 Å². The number of para-hydroxylation sites is 1. The number of nitrogens with one attached hydrogen (secondary N) is 2. The van der Waals surface area contributed by atoms with Gasteiger partial charge in [0.1, 0.15) is 0 Å².